The summed E-state index contributed by atoms with van der Waals surface area (Å²) in [5.74, 6) is 0.518. The van der Waals surface area contributed by atoms with E-state index in [1.165, 1.54) is 0 Å². The lowest BCUT2D eigenvalue weighted by Gasteiger charge is -2.17. The second-order valence-corrected chi connectivity index (χ2v) is 3.66. The van der Waals surface area contributed by atoms with Gasteiger partial charge in [-0.1, -0.05) is 6.92 Å². The van der Waals surface area contributed by atoms with E-state index in [0.29, 0.717) is 12.5 Å². The van der Waals surface area contributed by atoms with Crippen LogP contribution in [0.5, 0.6) is 5.88 Å². The van der Waals surface area contributed by atoms with Crippen LogP contribution in [0.2, 0.25) is 0 Å². The van der Waals surface area contributed by atoms with Crippen molar-refractivity contribution in [3.63, 3.8) is 0 Å². The Kier molecular flexibility index (Phi) is 6.35. The third-order valence-corrected chi connectivity index (χ3v) is 2.31. The third kappa shape index (κ3) is 5.01. The molecular weight excluding hydrogens is 220 g/mol. The van der Waals surface area contributed by atoms with Crippen LogP contribution in [-0.4, -0.2) is 43.1 Å². The van der Waals surface area contributed by atoms with Crippen molar-refractivity contribution >= 4 is 5.69 Å². The molecule has 1 atom stereocenters. The molecule has 1 rings (SSSR count). The molecule has 96 valence electrons. The van der Waals surface area contributed by atoms with Crippen molar-refractivity contribution in [1.82, 2.24) is 4.98 Å². The Balaban J connectivity index is 2.49. The van der Waals surface area contributed by atoms with Crippen LogP contribution in [0.4, 0.5) is 5.69 Å². The molecule has 17 heavy (non-hydrogen) atoms. The molecule has 1 unspecified atom stereocenters. The van der Waals surface area contributed by atoms with E-state index in [0.717, 1.165) is 12.1 Å². The van der Waals surface area contributed by atoms with Gasteiger partial charge in [-0.15, -0.1) is 0 Å². The van der Waals surface area contributed by atoms with E-state index in [1.54, 1.807) is 19.4 Å². The molecule has 1 aromatic heterocycles. The number of aromatic nitrogens is 1. The summed E-state index contributed by atoms with van der Waals surface area (Å²) < 4.78 is 10.3. The molecule has 0 spiro atoms. The number of hydrogen-bond acceptors (Lipinski definition) is 5. The average Bonchev–Trinajstić information content (AvgIpc) is 2.37. The van der Waals surface area contributed by atoms with Gasteiger partial charge < -0.3 is 19.9 Å². The second-order valence-electron chi connectivity index (χ2n) is 3.66. The molecule has 0 amide bonds. The Morgan fingerprint density at radius 3 is 2.82 bits per heavy atom. The molecule has 0 aromatic carbocycles. The van der Waals surface area contributed by atoms with Crippen molar-refractivity contribution in [3.8, 4) is 5.88 Å². The molecule has 0 aliphatic rings. The monoisotopic (exact) mass is 240 g/mol. The lowest BCUT2D eigenvalue weighted by Crippen LogP contribution is -2.23. The molecule has 0 bridgehead atoms. The Labute approximate surface area is 102 Å². The summed E-state index contributed by atoms with van der Waals surface area (Å²) in [6.45, 7) is 3.02. The summed E-state index contributed by atoms with van der Waals surface area (Å²) in [7, 11) is 1.69. The van der Waals surface area contributed by atoms with E-state index < -0.39 is 0 Å². The first-order valence-corrected chi connectivity index (χ1v) is 5.75. The molecule has 0 saturated carbocycles. The zero-order valence-electron chi connectivity index (χ0n) is 10.3. The van der Waals surface area contributed by atoms with Gasteiger partial charge in [-0.25, -0.2) is 4.98 Å². The molecule has 0 saturated heterocycles. The fraction of sp³-hybridized carbons (Fsp3) is 0.583. The van der Waals surface area contributed by atoms with E-state index in [-0.39, 0.29) is 19.3 Å². The number of nitrogens with zero attached hydrogens (tertiary/aromatic N) is 1. The highest BCUT2D eigenvalue weighted by Crippen LogP contribution is 2.13. The SMILES string of the molecule is CCC(COC)Nc1ccc(OCCO)nc1. The average molecular weight is 240 g/mol. The first-order valence-electron chi connectivity index (χ1n) is 5.75. The van der Waals surface area contributed by atoms with E-state index >= 15 is 0 Å². The Morgan fingerprint density at radius 1 is 1.47 bits per heavy atom. The number of hydrogen-bond donors (Lipinski definition) is 2. The summed E-state index contributed by atoms with van der Waals surface area (Å²) in [5.41, 5.74) is 0.935. The fourth-order valence-electron chi connectivity index (χ4n) is 1.40. The predicted molar refractivity (Wildman–Crippen MR) is 66.4 cm³/mol. The van der Waals surface area contributed by atoms with Crippen LogP contribution in [0.1, 0.15) is 13.3 Å². The third-order valence-electron chi connectivity index (χ3n) is 2.31. The number of ether oxygens (including phenoxy) is 2. The topological polar surface area (TPSA) is 63.6 Å². The zero-order chi connectivity index (χ0) is 12.5. The van der Waals surface area contributed by atoms with Crippen molar-refractivity contribution in [3.05, 3.63) is 18.3 Å². The van der Waals surface area contributed by atoms with Crippen LogP contribution >= 0.6 is 0 Å². The molecule has 1 aromatic rings. The molecule has 5 nitrogen and oxygen atoms in total. The van der Waals surface area contributed by atoms with Crippen LogP contribution in [0.3, 0.4) is 0 Å². The smallest absolute Gasteiger partial charge is 0.213 e. The van der Waals surface area contributed by atoms with Gasteiger partial charge in [-0.3, -0.25) is 0 Å². The van der Waals surface area contributed by atoms with E-state index in [9.17, 15) is 0 Å². The van der Waals surface area contributed by atoms with Gasteiger partial charge in [0.15, 0.2) is 0 Å². The lowest BCUT2D eigenvalue weighted by atomic mass is 10.2. The number of aliphatic hydroxyl groups is 1. The van der Waals surface area contributed by atoms with E-state index in [4.69, 9.17) is 14.6 Å². The van der Waals surface area contributed by atoms with Gasteiger partial charge in [0.25, 0.3) is 0 Å². The molecule has 2 N–H and O–H groups in total. The van der Waals surface area contributed by atoms with Crippen molar-refractivity contribution in [1.29, 1.82) is 0 Å². The van der Waals surface area contributed by atoms with Gasteiger partial charge in [-0.05, 0) is 12.5 Å². The first kappa shape index (κ1) is 13.7. The quantitative estimate of drug-likeness (QED) is 0.717. The number of nitrogens with one attached hydrogen (secondary N) is 1. The van der Waals surface area contributed by atoms with Crippen molar-refractivity contribution in [2.75, 3.05) is 32.2 Å². The number of aliphatic hydroxyl groups excluding tert-OH is 1. The first-order chi connectivity index (χ1) is 8.30. The summed E-state index contributed by atoms with van der Waals surface area (Å²) in [6.07, 6.45) is 2.70. The van der Waals surface area contributed by atoms with Crippen molar-refractivity contribution < 1.29 is 14.6 Å². The predicted octanol–water partition coefficient (Wildman–Crippen LogP) is 1.29. The molecule has 0 fully saturated rings. The highest BCUT2D eigenvalue weighted by Gasteiger charge is 2.05. The van der Waals surface area contributed by atoms with Crippen LogP contribution in [-0.2, 0) is 4.74 Å². The van der Waals surface area contributed by atoms with Crippen molar-refractivity contribution in [2.45, 2.75) is 19.4 Å². The number of methoxy groups -OCH3 is 1. The molecule has 1 heterocycles. The molecule has 0 aliphatic heterocycles. The Morgan fingerprint density at radius 2 is 2.29 bits per heavy atom. The van der Waals surface area contributed by atoms with Crippen LogP contribution < -0.4 is 10.1 Å². The van der Waals surface area contributed by atoms with Gasteiger partial charge in [0.2, 0.25) is 5.88 Å². The molecule has 0 aliphatic carbocycles. The zero-order valence-corrected chi connectivity index (χ0v) is 10.3. The van der Waals surface area contributed by atoms with Gasteiger partial charge in [0.05, 0.1) is 25.1 Å². The Hall–Kier alpha value is -1.33. The van der Waals surface area contributed by atoms with Crippen LogP contribution in [0, 0.1) is 0 Å². The Bertz CT molecular complexity index is 303. The number of anilines is 1. The summed E-state index contributed by atoms with van der Waals surface area (Å²) >= 11 is 0. The van der Waals surface area contributed by atoms with Gasteiger partial charge in [0.1, 0.15) is 6.61 Å². The molecular formula is C12H20N2O3. The van der Waals surface area contributed by atoms with E-state index in [1.807, 2.05) is 6.07 Å². The lowest BCUT2D eigenvalue weighted by molar-refractivity contribution is 0.184. The van der Waals surface area contributed by atoms with Crippen LogP contribution in [0.15, 0.2) is 18.3 Å². The van der Waals surface area contributed by atoms with Gasteiger partial charge in [0, 0.05) is 19.2 Å². The fourth-order valence-corrected chi connectivity index (χ4v) is 1.40. The summed E-state index contributed by atoms with van der Waals surface area (Å²) in [4.78, 5) is 4.13. The van der Waals surface area contributed by atoms with Crippen molar-refractivity contribution in [2.24, 2.45) is 0 Å². The summed E-state index contributed by atoms with van der Waals surface area (Å²) in [5, 5.41) is 11.9. The maximum atomic E-state index is 8.61. The molecule has 0 radical (unpaired) electrons. The maximum Gasteiger partial charge on any atom is 0.213 e. The second kappa shape index (κ2) is 7.86. The molecule has 5 heteroatoms. The minimum atomic E-state index is -0.00652. The summed E-state index contributed by atoms with van der Waals surface area (Å²) in [6, 6.07) is 3.96. The largest absolute Gasteiger partial charge is 0.475 e. The minimum absolute atomic E-state index is 0.00652. The van der Waals surface area contributed by atoms with Gasteiger partial charge in [-0.2, -0.15) is 0 Å². The van der Waals surface area contributed by atoms with Gasteiger partial charge >= 0.3 is 0 Å². The van der Waals surface area contributed by atoms with Crippen LogP contribution in [0.25, 0.3) is 0 Å². The maximum absolute atomic E-state index is 8.61. The normalized spacial score (nSPS) is 12.2. The van der Waals surface area contributed by atoms with E-state index in [2.05, 4.69) is 17.2 Å². The minimum Gasteiger partial charge on any atom is -0.475 e. The standard InChI is InChI=1S/C12H20N2O3/c1-3-10(9-16-2)14-11-4-5-12(13-8-11)17-7-6-15/h4-5,8,10,14-15H,3,6-7,9H2,1-2H3. The highest BCUT2D eigenvalue weighted by atomic mass is 16.5. The highest BCUT2D eigenvalue weighted by molar-refractivity contribution is 5.42. The number of pyridine rings is 1. The number of rotatable bonds is 8.